The number of hydrogen-bond donors (Lipinski definition) is 1. The third-order valence-corrected chi connectivity index (χ3v) is 3.08. The maximum Gasteiger partial charge on any atom is 0.0478 e. The predicted molar refractivity (Wildman–Crippen MR) is 67.3 cm³/mol. The van der Waals surface area contributed by atoms with Crippen LogP contribution in [-0.2, 0) is 13.1 Å². The summed E-state index contributed by atoms with van der Waals surface area (Å²) >= 11 is 0. The van der Waals surface area contributed by atoms with Gasteiger partial charge < -0.3 is 10.3 Å². The van der Waals surface area contributed by atoms with E-state index in [-0.39, 0.29) is 0 Å². The fourth-order valence-electron chi connectivity index (χ4n) is 2.03. The summed E-state index contributed by atoms with van der Waals surface area (Å²) in [7, 11) is 0. The molecule has 2 heteroatoms. The van der Waals surface area contributed by atoms with Crippen LogP contribution in [0.25, 0.3) is 0 Å². The van der Waals surface area contributed by atoms with Crippen LogP contribution in [0.5, 0.6) is 0 Å². The molecule has 0 bridgehead atoms. The van der Waals surface area contributed by atoms with Gasteiger partial charge in [-0.15, -0.1) is 0 Å². The van der Waals surface area contributed by atoms with Gasteiger partial charge in [-0.05, 0) is 37.1 Å². The third-order valence-electron chi connectivity index (χ3n) is 3.08. The highest BCUT2D eigenvalue weighted by Crippen LogP contribution is 2.14. The molecule has 84 valence electrons. The van der Waals surface area contributed by atoms with Crippen molar-refractivity contribution < 1.29 is 0 Å². The van der Waals surface area contributed by atoms with Gasteiger partial charge in [0.15, 0.2) is 0 Å². The second-order valence-corrected chi connectivity index (χ2v) is 4.18. The minimum absolute atomic E-state index is 0.607. The molecule has 0 aliphatic carbocycles. The van der Waals surface area contributed by atoms with Crippen molar-refractivity contribution in [3.63, 3.8) is 0 Å². The van der Waals surface area contributed by atoms with E-state index in [1.807, 2.05) is 6.07 Å². The molecule has 0 atom stereocenters. The van der Waals surface area contributed by atoms with Gasteiger partial charge in [-0.3, -0.25) is 0 Å². The highest BCUT2D eigenvalue weighted by atomic mass is 15.0. The number of rotatable bonds is 3. The molecule has 2 aromatic rings. The van der Waals surface area contributed by atoms with Gasteiger partial charge in [-0.1, -0.05) is 24.3 Å². The lowest BCUT2D eigenvalue weighted by Crippen LogP contribution is -2.08. The monoisotopic (exact) mass is 214 g/mol. The van der Waals surface area contributed by atoms with E-state index in [9.17, 15) is 0 Å². The SMILES string of the molecule is Cc1ccc(C)n1Cc1ccccc1CN. The lowest BCUT2D eigenvalue weighted by atomic mass is 10.1. The fraction of sp³-hybridized carbons (Fsp3) is 0.286. The van der Waals surface area contributed by atoms with Crippen molar-refractivity contribution in [2.75, 3.05) is 0 Å². The molecule has 2 nitrogen and oxygen atoms in total. The quantitative estimate of drug-likeness (QED) is 0.836. The average molecular weight is 214 g/mol. The zero-order chi connectivity index (χ0) is 11.5. The average Bonchev–Trinajstić information content (AvgIpc) is 2.61. The van der Waals surface area contributed by atoms with Crippen LogP contribution in [0.15, 0.2) is 36.4 Å². The Morgan fingerprint density at radius 1 is 0.938 bits per heavy atom. The van der Waals surface area contributed by atoms with Crippen molar-refractivity contribution in [2.24, 2.45) is 5.73 Å². The van der Waals surface area contributed by atoms with Gasteiger partial charge in [0.25, 0.3) is 0 Å². The number of aryl methyl sites for hydroxylation is 2. The smallest absolute Gasteiger partial charge is 0.0478 e. The number of benzene rings is 1. The second kappa shape index (κ2) is 4.54. The highest BCUT2D eigenvalue weighted by Gasteiger charge is 2.04. The van der Waals surface area contributed by atoms with Crippen molar-refractivity contribution in [1.82, 2.24) is 4.57 Å². The van der Waals surface area contributed by atoms with Crippen molar-refractivity contribution in [2.45, 2.75) is 26.9 Å². The van der Waals surface area contributed by atoms with Crippen LogP contribution < -0.4 is 5.73 Å². The molecule has 0 saturated carbocycles. The molecule has 2 rings (SSSR count). The number of nitrogens with two attached hydrogens (primary N) is 1. The standard InChI is InChI=1S/C14H18N2/c1-11-7-8-12(2)16(11)10-14-6-4-3-5-13(14)9-15/h3-8H,9-10,15H2,1-2H3. The van der Waals surface area contributed by atoms with Gasteiger partial charge in [0.2, 0.25) is 0 Å². The summed E-state index contributed by atoms with van der Waals surface area (Å²) < 4.78 is 2.31. The fourth-order valence-corrected chi connectivity index (χ4v) is 2.03. The van der Waals surface area contributed by atoms with E-state index >= 15 is 0 Å². The lowest BCUT2D eigenvalue weighted by Gasteiger charge is -2.12. The molecule has 0 saturated heterocycles. The lowest BCUT2D eigenvalue weighted by molar-refractivity contribution is 0.741. The number of hydrogen-bond acceptors (Lipinski definition) is 1. The molecule has 0 unspecified atom stereocenters. The second-order valence-electron chi connectivity index (χ2n) is 4.18. The third kappa shape index (κ3) is 2.02. The van der Waals surface area contributed by atoms with Gasteiger partial charge in [-0.25, -0.2) is 0 Å². The molecule has 0 amide bonds. The summed E-state index contributed by atoms with van der Waals surface area (Å²) in [6.45, 7) is 5.80. The Bertz CT molecular complexity index is 464. The first kappa shape index (κ1) is 11.0. The van der Waals surface area contributed by atoms with Crippen LogP contribution in [0.1, 0.15) is 22.5 Å². The minimum Gasteiger partial charge on any atom is -0.345 e. The molecule has 1 heterocycles. The van der Waals surface area contributed by atoms with E-state index in [1.54, 1.807) is 0 Å². The van der Waals surface area contributed by atoms with Crippen molar-refractivity contribution >= 4 is 0 Å². The Balaban J connectivity index is 2.34. The minimum atomic E-state index is 0.607. The Morgan fingerprint density at radius 3 is 2.06 bits per heavy atom. The first-order valence-corrected chi connectivity index (χ1v) is 5.62. The van der Waals surface area contributed by atoms with Crippen molar-refractivity contribution in [3.05, 3.63) is 58.9 Å². The van der Waals surface area contributed by atoms with Crippen LogP contribution >= 0.6 is 0 Å². The van der Waals surface area contributed by atoms with Gasteiger partial charge in [0.05, 0.1) is 0 Å². The zero-order valence-electron chi connectivity index (χ0n) is 9.90. The van der Waals surface area contributed by atoms with Crippen LogP contribution in [0, 0.1) is 13.8 Å². The summed E-state index contributed by atoms with van der Waals surface area (Å²) in [4.78, 5) is 0. The van der Waals surface area contributed by atoms with Crippen LogP contribution in [0.3, 0.4) is 0 Å². The van der Waals surface area contributed by atoms with Gasteiger partial charge in [-0.2, -0.15) is 0 Å². The Morgan fingerprint density at radius 2 is 1.50 bits per heavy atom. The van der Waals surface area contributed by atoms with E-state index < -0.39 is 0 Å². The van der Waals surface area contributed by atoms with Crippen LogP contribution in [0.2, 0.25) is 0 Å². The Hall–Kier alpha value is -1.54. The molecule has 1 aromatic heterocycles. The summed E-state index contributed by atoms with van der Waals surface area (Å²) in [5.74, 6) is 0. The summed E-state index contributed by atoms with van der Waals surface area (Å²) in [5, 5.41) is 0. The van der Waals surface area contributed by atoms with E-state index in [0.29, 0.717) is 6.54 Å². The maximum absolute atomic E-state index is 5.75. The highest BCUT2D eigenvalue weighted by molar-refractivity contribution is 5.28. The van der Waals surface area contributed by atoms with Crippen LogP contribution in [0.4, 0.5) is 0 Å². The summed E-state index contributed by atoms with van der Waals surface area (Å²) in [6, 6.07) is 12.7. The largest absolute Gasteiger partial charge is 0.345 e. The van der Waals surface area contributed by atoms with Gasteiger partial charge >= 0.3 is 0 Å². The first-order valence-electron chi connectivity index (χ1n) is 5.62. The Kier molecular flexibility index (Phi) is 3.11. The van der Waals surface area contributed by atoms with E-state index in [1.165, 1.54) is 22.5 Å². The van der Waals surface area contributed by atoms with E-state index in [0.717, 1.165) is 6.54 Å². The molecule has 0 fully saturated rings. The molecular formula is C14H18N2. The molecule has 0 aliphatic rings. The zero-order valence-corrected chi connectivity index (χ0v) is 9.90. The number of nitrogens with zero attached hydrogens (tertiary/aromatic N) is 1. The normalized spacial score (nSPS) is 10.7. The molecule has 0 aliphatic heterocycles. The summed E-state index contributed by atoms with van der Waals surface area (Å²) in [6.07, 6.45) is 0. The van der Waals surface area contributed by atoms with Crippen LogP contribution in [-0.4, -0.2) is 4.57 Å². The van der Waals surface area contributed by atoms with Crippen molar-refractivity contribution in [3.8, 4) is 0 Å². The van der Waals surface area contributed by atoms with E-state index in [2.05, 4.69) is 48.7 Å². The molecule has 16 heavy (non-hydrogen) atoms. The first-order chi connectivity index (χ1) is 7.72. The molecule has 2 N–H and O–H groups in total. The molecule has 0 radical (unpaired) electrons. The predicted octanol–water partition coefficient (Wildman–Crippen LogP) is 2.61. The topological polar surface area (TPSA) is 30.9 Å². The molecular weight excluding hydrogens is 196 g/mol. The molecule has 1 aromatic carbocycles. The van der Waals surface area contributed by atoms with Gasteiger partial charge in [0.1, 0.15) is 0 Å². The Labute approximate surface area is 96.7 Å². The molecule has 0 spiro atoms. The van der Waals surface area contributed by atoms with E-state index in [4.69, 9.17) is 5.73 Å². The van der Waals surface area contributed by atoms with Crippen molar-refractivity contribution in [1.29, 1.82) is 0 Å². The maximum atomic E-state index is 5.75. The number of aromatic nitrogens is 1. The van der Waals surface area contributed by atoms with Gasteiger partial charge in [0, 0.05) is 24.5 Å². The summed E-state index contributed by atoms with van der Waals surface area (Å²) in [5.41, 5.74) is 10.9.